The van der Waals surface area contributed by atoms with Crippen LogP contribution in [0.4, 0.5) is 0 Å². The maximum atomic E-state index is 10.5. The zero-order chi connectivity index (χ0) is 11.6. The van der Waals surface area contributed by atoms with Crippen LogP contribution in [0.1, 0.15) is 23.7 Å². The second-order valence-electron chi connectivity index (χ2n) is 3.98. The molecule has 1 N–H and O–H groups in total. The Morgan fingerprint density at radius 3 is 2.56 bits per heavy atom. The van der Waals surface area contributed by atoms with Crippen molar-refractivity contribution < 1.29 is 5.11 Å². The predicted octanol–water partition coefficient (Wildman–Crippen LogP) is 2.04. The first kappa shape index (κ1) is 10.8. The quantitative estimate of drug-likeness (QED) is 0.832. The van der Waals surface area contributed by atoms with Gasteiger partial charge in [-0.2, -0.15) is 0 Å². The SMILES string of the molecule is Cc1ccccc1C(C)(O)c1cnccn1. The van der Waals surface area contributed by atoms with E-state index in [1.807, 2.05) is 31.2 Å². The molecular weight excluding hydrogens is 200 g/mol. The molecule has 82 valence electrons. The highest BCUT2D eigenvalue weighted by atomic mass is 16.3. The highest BCUT2D eigenvalue weighted by Crippen LogP contribution is 2.29. The van der Waals surface area contributed by atoms with E-state index in [2.05, 4.69) is 9.97 Å². The smallest absolute Gasteiger partial charge is 0.130 e. The van der Waals surface area contributed by atoms with Crippen LogP contribution in [0.15, 0.2) is 42.9 Å². The zero-order valence-electron chi connectivity index (χ0n) is 9.38. The van der Waals surface area contributed by atoms with E-state index in [0.717, 1.165) is 11.1 Å². The lowest BCUT2D eigenvalue weighted by Crippen LogP contribution is -2.25. The van der Waals surface area contributed by atoms with Gasteiger partial charge in [0.2, 0.25) is 0 Å². The summed E-state index contributed by atoms with van der Waals surface area (Å²) < 4.78 is 0. The van der Waals surface area contributed by atoms with Crippen LogP contribution in [0.25, 0.3) is 0 Å². The van der Waals surface area contributed by atoms with Gasteiger partial charge in [-0.25, -0.2) is 0 Å². The van der Waals surface area contributed by atoms with Gasteiger partial charge in [0.15, 0.2) is 0 Å². The minimum atomic E-state index is -1.10. The summed E-state index contributed by atoms with van der Waals surface area (Å²) >= 11 is 0. The maximum absolute atomic E-state index is 10.5. The fourth-order valence-corrected chi connectivity index (χ4v) is 1.81. The molecule has 1 heterocycles. The molecule has 0 saturated carbocycles. The monoisotopic (exact) mass is 214 g/mol. The van der Waals surface area contributed by atoms with Crippen molar-refractivity contribution in [3.63, 3.8) is 0 Å². The van der Waals surface area contributed by atoms with E-state index in [-0.39, 0.29) is 0 Å². The second kappa shape index (κ2) is 4.02. The molecule has 1 atom stereocenters. The van der Waals surface area contributed by atoms with Gasteiger partial charge in [0.1, 0.15) is 5.60 Å². The summed E-state index contributed by atoms with van der Waals surface area (Å²) in [5.41, 5.74) is 1.36. The van der Waals surface area contributed by atoms with Crippen molar-refractivity contribution in [2.24, 2.45) is 0 Å². The summed E-state index contributed by atoms with van der Waals surface area (Å²) in [6, 6.07) is 7.74. The van der Waals surface area contributed by atoms with Gasteiger partial charge in [-0.05, 0) is 25.0 Å². The van der Waals surface area contributed by atoms with Crippen molar-refractivity contribution in [2.75, 3.05) is 0 Å². The molecule has 0 aliphatic carbocycles. The third kappa shape index (κ3) is 1.82. The molecule has 0 saturated heterocycles. The van der Waals surface area contributed by atoms with Gasteiger partial charge in [0.05, 0.1) is 11.9 Å². The highest BCUT2D eigenvalue weighted by molar-refractivity contribution is 5.36. The van der Waals surface area contributed by atoms with E-state index in [1.165, 1.54) is 0 Å². The van der Waals surface area contributed by atoms with Crippen LogP contribution in [-0.4, -0.2) is 15.1 Å². The van der Waals surface area contributed by atoms with Crippen LogP contribution in [0.5, 0.6) is 0 Å². The van der Waals surface area contributed by atoms with Crippen molar-refractivity contribution in [3.05, 3.63) is 59.7 Å². The molecule has 2 rings (SSSR count). The topological polar surface area (TPSA) is 46.0 Å². The number of hydrogen-bond donors (Lipinski definition) is 1. The van der Waals surface area contributed by atoms with E-state index in [0.29, 0.717) is 5.69 Å². The van der Waals surface area contributed by atoms with Crippen LogP contribution < -0.4 is 0 Å². The molecule has 0 radical (unpaired) electrons. The minimum absolute atomic E-state index is 0.560. The van der Waals surface area contributed by atoms with E-state index in [9.17, 15) is 5.11 Å². The fourth-order valence-electron chi connectivity index (χ4n) is 1.81. The van der Waals surface area contributed by atoms with Crippen LogP contribution in [-0.2, 0) is 5.60 Å². The van der Waals surface area contributed by atoms with Crippen LogP contribution in [0.3, 0.4) is 0 Å². The van der Waals surface area contributed by atoms with Crippen LogP contribution in [0, 0.1) is 6.92 Å². The van der Waals surface area contributed by atoms with Gasteiger partial charge in [-0.15, -0.1) is 0 Å². The molecule has 3 nitrogen and oxygen atoms in total. The lowest BCUT2D eigenvalue weighted by Gasteiger charge is -2.24. The summed E-state index contributed by atoms with van der Waals surface area (Å²) in [6.45, 7) is 3.71. The molecule has 0 aliphatic rings. The summed E-state index contributed by atoms with van der Waals surface area (Å²) in [7, 11) is 0. The Balaban J connectivity index is 2.51. The minimum Gasteiger partial charge on any atom is -0.379 e. The molecule has 3 heteroatoms. The molecule has 1 unspecified atom stereocenters. The van der Waals surface area contributed by atoms with E-state index < -0.39 is 5.60 Å². The average Bonchev–Trinajstić information content (AvgIpc) is 2.30. The van der Waals surface area contributed by atoms with Gasteiger partial charge >= 0.3 is 0 Å². The third-order valence-electron chi connectivity index (χ3n) is 2.73. The van der Waals surface area contributed by atoms with Crippen molar-refractivity contribution in [1.29, 1.82) is 0 Å². The Bertz CT molecular complexity index is 480. The second-order valence-corrected chi connectivity index (χ2v) is 3.98. The maximum Gasteiger partial charge on any atom is 0.130 e. The Morgan fingerprint density at radius 1 is 1.19 bits per heavy atom. The number of benzene rings is 1. The van der Waals surface area contributed by atoms with Gasteiger partial charge in [-0.1, -0.05) is 24.3 Å². The van der Waals surface area contributed by atoms with Crippen LogP contribution >= 0.6 is 0 Å². The average molecular weight is 214 g/mol. The summed E-state index contributed by atoms with van der Waals surface area (Å²) in [5.74, 6) is 0. The molecule has 2 aromatic rings. The van der Waals surface area contributed by atoms with Crippen molar-refractivity contribution in [2.45, 2.75) is 19.4 Å². The molecular formula is C13H14N2O. The Labute approximate surface area is 94.8 Å². The highest BCUT2D eigenvalue weighted by Gasteiger charge is 2.28. The number of aliphatic hydroxyl groups is 1. The molecule has 0 bridgehead atoms. The Morgan fingerprint density at radius 2 is 1.94 bits per heavy atom. The zero-order valence-corrected chi connectivity index (χ0v) is 9.38. The van der Waals surface area contributed by atoms with Gasteiger partial charge in [0, 0.05) is 12.4 Å². The predicted molar refractivity (Wildman–Crippen MR) is 61.9 cm³/mol. The molecule has 16 heavy (non-hydrogen) atoms. The summed E-state index contributed by atoms with van der Waals surface area (Å²) in [5, 5.41) is 10.5. The lowest BCUT2D eigenvalue weighted by atomic mass is 9.89. The first-order chi connectivity index (χ1) is 7.62. The van der Waals surface area contributed by atoms with E-state index in [4.69, 9.17) is 0 Å². The number of rotatable bonds is 2. The molecule has 0 amide bonds. The van der Waals surface area contributed by atoms with Gasteiger partial charge in [0.25, 0.3) is 0 Å². The fraction of sp³-hybridized carbons (Fsp3) is 0.231. The summed E-state index contributed by atoms with van der Waals surface area (Å²) in [6.07, 6.45) is 4.77. The largest absolute Gasteiger partial charge is 0.379 e. The lowest BCUT2D eigenvalue weighted by molar-refractivity contribution is 0.0962. The third-order valence-corrected chi connectivity index (χ3v) is 2.73. The van der Waals surface area contributed by atoms with E-state index in [1.54, 1.807) is 25.5 Å². The molecule has 0 aliphatic heterocycles. The van der Waals surface area contributed by atoms with Crippen molar-refractivity contribution >= 4 is 0 Å². The van der Waals surface area contributed by atoms with Crippen LogP contribution in [0.2, 0.25) is 0 Å². The first-order valence-electron chi connectivity index (χ1n) is 5.17. The molecule has 0 spiro atoms. The van der Waals surface area contributed by atoms with Crippen molar-refractivity contribution in [1.82, 2.24) is 9.97 Å². The Hall–Kier alpha value is -1.74. The standard InChI is InChI=1S/C13H14N2O/c1-10-5-3-4-6-11(10)13(2,16)12-9-14-7-8-15-12/h3-9,16H,1-2H3. The number of hydrogen-bond acceptors (Lipinski definition) is 3. The van der Waals surface area contributed by atoms with Gasteiger partial charge in [-0.3, -0.25) is 9.97 Å². The number of aryl methyl sites for hydroxylation is 1. The van der Waals surface area contributed by atoms with E-state index >= 15 is 0 Å². The molecule has 0 fully saturated rings. The first-order valence-corrected chi connectivity index (χ1v) is 5.17. The number of nitrogens with zero attached hydrogens (tertiary/aromatic N) is 2. The van der Waals surface area contributed by atoms with Crippen molar-refractivity contribution in [3.8, 4) is 0 Å². The Kier molecular flexibility index (Phi) is 2.71. The molecule has 1 aromatic heterocycles. The number of aromatic nitrogens is 2. The molecule has 1 aromatic carbocycles. The normalized spacial score (nSPS) is 14.4. The van der Waals surface area contributed by atoms with Gasteiger partial charge < -0.3 is 5.11 Å². The summed E-state index contributed by atoms with van der Waals surface area (Å²) in [4.78, 5) is 8.14.